The van der Waals surface area contributed by atoms with Crippen LogP contribution >= 0.6 is 11.8 Å². The molecule has 0 radical (unpaired) electrons. The van der Waals surface area contributed by atoms with E-state index in [4.69, 9.17) is 0 Å². The number of nitrogens with one attached hydrogen (secondary N) is 1. The van der Waals surface area contributed by atoms with E-state index in [-0.39, 0.29) is 5.82 Å². The molecule has 96 valence electrons. The largest absolute Gasteiger partial charge is 0.371 e. The van der Waals surface area contributed by atoms with Crippen LogP contribution in [0.4, 0.5) is 10.1 Å². The molecule has 0 aliphatic carbocycles. The third-order valence-electron chi connectivity index (χ3n) is 2.80. The number of hydrogen-bond acceptors (Lipinski definition) is 3. The highest BCUT2D eigenvalue weighted by molar-refractivity contribution is 7.98. The van der Waals surface area contributed by atoms with Crippen molar-refractivity contribution in [2.45, 2.75) is 19.5 Å². The normalized spacial score (nSPS) is 12.5. The van der Waals surface area contributed by atoms with Crippen LogP contribution in [0.3, 0.4) is 0 Å². The number of anilines is 1. The Labute approximate surface area is 108 Å². The molecule has 0 amide bonds. The topological polar surface area (TPSA) is 15.3 Å². The highest BCUT2D eigenvalue weighted by atomic mass is 32.2. The maximum Gasteiger partial charge on any atom is 0.125 e. The molecular weight excluding hydrogens is 235 g/mol. The lowest BCUT2D eigenvalue weighted by Gasteiger charge is -2.27. The van der Waals surface area contributed by atoms with Crippen LogP contribution < -0.4 is 10.2 Å². The molecule has 0 spiro atoms. The summed E-state index contributed by atoms with van der Waals surface area (Å²) in [5, 5.41) is 3.04. The number of benzene rings is 1. The van der Waals surface area contributed by atoms with Crippen molar-refractivity contribution in [1.29, 1.82) is 0 Å². The van der Waals surface area contributed by atoms with Crippen LogP contribution in [0, 0.1) is 5.82 Å². The van der Waals surface area contributed by atoms with Gasteiger partial charge in [-0.25, -0.2) is 4.39 Å². The number of nitrogens with zero attached hydrogens (tertiary/aromatic N) is 1. The molecule has 1 atom stereocenters. The third-order valence-corrected chi connectivity index (χ3v) is 3.62. The quantitative estimate of drug-likeness (QED) is 0.842. The van der Waals surface area contributed by atoms with Crippen molar-refractivity contribution >= 4 is 17.4 Å². The molecule has 4 heteroatoms. The minimum absolute atomic E-state index is 0.170. The van der Waals surface area contributed by atoms with Crippen LogP contribution in [0.1, 0.15) is 12.5 Å². The average Bonchev–Trinajstić information content (AvgIpc) is 2.28. The van der Waals surface area contributed by atoms with Crippen molar-refractivity contribution in [3.05, 3.63) is 29.6 Å². The third kappa shape index (κ3) is 4.21. The molecule has 0 aliphatic heterocycles. The highest BCUT2D eigenvalue weighted by Gasteiger charge is 2.11. The molecule has 17 heavy (non-hydrogen) atoms. The first-order chi connectivity index (χ1) is 8.08. The molecule has 1 aromatic carbocycles. The van der Waals surface area contributed by atoms with Gasteiger partial charge in [-0.1, -0.05) is 0 Å². The Morgan fingerprint density at radius 3 is 2.71 bits per heavy atom. The number of thioether (sulfide) groups is 1. The fraction of sp³-hybridized carbons (Fsp3) is 0.538. The summed E-state index contributed by atoms with van der Waals surface area (Å²) in [6, 6.07) is 5.61. The maximum atomic E-state index is 13.5. The molecule has 0 aromatic heterocycles. The van der Waals surface area contributed by atoms with Crippen molar-refractivity contribution in [2.24, 2.45) is 0 Å². The first-order valence-corrected chi connectivity index (χ1v) is 7.13. The summed E-state index contributed by atoms with van der Waals surface area (Å²) in [4.78, 5) is 2.12. The summed E-state index contributed by atoms with van der Waals surface area (Å²) in [6.07, 6.45) is 2.09. The van der Waals surface area contributed by atoms with Gasteiger partial charge in [0.15, 0.2) is 0 Å². The summed E-state index contributed by atoms with van der Waals surface area (Å²) < 4.78 is 13.5. The van der Waals surface area contributed by atoms with Gasteiger partial charge in [-0.05, 0) is 44.0 Å². The second-order valence-electron chi connectivity index (χ2n) is 4.26. The van der Waals surface area contributed by atoms with Crippen molar-refractivity contribution in [3.63, 3.8) is 0 Å². The van der Waals surface area contributed by atoms with E-state index in [1.54, 1.807) is 23.9 Å². The number of rotatable bonds is 6. The van der Waals surface area contributed by atoms with Gasteiger partial charge in [0, 0.05) is 31.1 Å². The molecule has 0 aliphatic rings. The summed E-state index contributed by atoms with van der Waals surface area (Å²) in [7, 11) is 3.88. The predicted molar refractivity (Wildman–Crippen MR) is 75.4 cm³/mol. The zero-order chi connectivity index (χ0) is 12.8. The van der Waals surface area contributed by atoms with Crippen LogP contribution in [0.5, 0.6) is 0 Å². The molecule has 0 heterocycles. The van der Waals surface area contributed by atoms with Crippen LogP contribution in [-0.4, -0.2) is 32.1 Å². The van der Waals surface area contributed by atoms with E-state index >= 15 is 0 Å². The Morgan fingerprint density at radius 2 is 2.12 bits per heavy atom. The van der Waals surface area contributed by atoms with Crippen molar-refractivity contribution in [1.82, 2.24) is 5.32 Å². The molecule has 0 fully saturated rings. The lowest BCUT2D eigenvalue weighted by molar-refractivity contribution is 0.621. The molecule has 2 nitrogen and oxygen atoms in total. The second kappa shape index (κ2) is 6.87. The van der Waals surface area contributed by atoms with Gasteiger partial charge in [0.05, 0.1) is 0 Å². The summed E-state index contributed by atoms with van der Waals surface area (Å²) in [5.41, 5.74) is 1.92. The van der Waals surface area contributed by atoms with Gasteiger partial charge in [-0.2, -0.15) is 11.8 Å². The zero-order valence-corrected chi connectivity index (χ0v) is 11.8. The predicted octanol–water partition coefficient (Wildman–Crippen LogP) is 2.73. The number of halogens is 1. The van der Waals surface area contributed by atoms with Gasteiger partial charge >= 0.3 is 0 Å². The molecule has 0 saturated heterocycles. The summed E-state index contributed by atoms with van der Waals surface area (Å²) >= 11 is 1.80. The van der Waals surface area contributed by atoms with E-state index in [0.717, 1.165) is 17.0 Å². The van der Waals surface area contributed by atoms with E-state index in [1.807, 2.05) is 20.2 Å². The molecule has 1 unspecified atom stereocenters. The van der Waals surface area contributed by atoms with Crippen LogP contribution in [-0.2, 0) is 6.54 Å². The molecule has 1 N–H and O–H groups in total. The monoisotopic (exact) mass is 256 g/mol. The Balaban J connectivity index is 2.88. The van der Waals surface area contributed by atoms with Gasteiger partial charge in [-0.15, -0.1) is 0 Å². The standard InChI is InChI=1S/C13H21FN2S/c1-10(9-17-4)16(3)13-6-11(8-15-2)5-12(14)7-13/h5-7,10,15H,8-9H2,1-4H3. The maximum absolute atomic E-state index is 13.5. The Bertz CT molecular complexity index is 357. The molecule has 1 rings (SSSR count). The molecule has 1 aromatic rings. The van der Waals surface area contributed by atoms with E-state index in [2.05, 4.69) is 23.4 Å². The summed E-state index contributed by atoms with van der Waals surface area (Å²) in [5.74, 6) is 0.866. The van der Waals surface area contributed by atoms with E-state index in [9.17, 15) is 4.39 Å². The fourth-order valence-corrected chi connectivity index (χ4v) is 2.46. The van der Waals surface area contributed by atoms with Gasteiger partial charge in [-0.3, -0.25) is 0 Å². The first-order valence-electron chi connectivity index (χ1n) is 5.74. The molecule has 0 bridgehead atoms. The van der Waals surface area contributed by atoms with E-state index < -0.39 is 0 Å². The van der Waals surface area contributed by atoms with Crippen LogP contribution in [0.2, 0.25) is 0 Å². The van der Waals surface area contributed by atoms with Gasteiger partial charge < -0.3 is 10.2 Å². The molecule has 0 saturated carbocycles. The molecular formula is C13H21FN2S. The lowest BCUT2D eigenvalue weighted by atomic mass is 10.1. The SMILES string of the molecule is CNCc1cc(F)cc(N(C)C(C)CSC)c1. The zero-order valence-electron chi connectivity index (χ0n) is 11.0. The van der Waals surface area contributed by atoms with Crippen molar-refractivity contribution < 1.29 is 4.39 Å². The smallest absolute Gasteiger partial charge is 0.125 e. The minimum atomic E-state index is -0.170. The first kappa shape index (κ1) is 14.3. The van der Waals surface area contributed by atoms with Gasteiger partial charge in [0.25, 0.3) is 0 Å². The minimum Gasteiger partial charge on any atom is -0.371 e. The van der Waals surface area contributed by atoms with Crippen LogP contribution in [0.25, 0.3) is 0 Å². The highest BCUT2D eigenvalue weighted by Crippen LogP contribution is 2.20. The Hall–Kier alpha value is -0.740. The average molecular weight is 256 g/mol. The number of hydrogen-bond donors (Lipinski definition) is 1. The fourth-order valence-electron chi connectivity index (χ4n) is 1.75. The van der Waals surface area contributed by atoms with Crippen molar-refractivity contribution in [2.75, 3.05) is 31.0 Å². The summed E-state index contributed by atoms with van der Waals surface area (Å²) in [6.45, 7) is 2.84. The van der Waals surface area contributed by atoms with Gasteiger partial charge in [0.1, 0.15) is 5.82 Å². The van der Waals surface area contributed by atoms with E-state index in [0.29, 0.717) is 12.6 Å². The second-order valence-corrected chi connectivity index (χ2v) is 5.17. The lowest BCUT2D eigenvalue weighted by Crippen LogP contribution is -2.31. The van der Waals surface area contributed by atoms with Crippen LogP contribution in [0.15, 0.2) is 18.2 Å². The van der Waals surface area contributed by atoms with Crippen molar-refractivity contribution in [3.8, 4) is 0 Å². The van der Waals surface area contributed by atoms with E-state index in [1.165, 1.54) is 0 Å². The Kier molecular flexibility index (Phi) is 5.78. The van der Waals surface area contributed by atoms with Gasteiger partial charge in [0.2, 0.25) is 0 Å². The Morgan fingerprint density at radius 1 is 1.41 bits per heavy atom.